The van der Waals surface area contributed by atoms with Gasteiger partial charge in [-0.25, -0.2) is 14.4 Å². The summed E-state index contributed by atoms with van der Waals surface area (Å²) in [5.74, 6) is 1.12. The van der Waals surface area contributed by atoms with Gasteiger partial charge >= 0.3 is 0 Å². The molecule has 8 nitrogen and oxygen atoms in total. The molecule has 0 spiro atoms. The Morgan fingerprint density at radius 1 is 0.949 bits per heavy atom. The molecule has 1 fully saturated rings. The summed E-state index contributed by atoms with van der Waals surface area (Å²) in [5, 5.41) is 12.1. The van der Waals surface area contributed by atoms with Crippen LogP contribution in [0.4, 0.5) is 4.39 Å². The Labute approximate surface area is 224 Å². The first kappa shape index (κ1) is 23.6. The lowest BCUT2D eigenvalue weighted by Crippen LogP contribution is -2.20. The number of rotatable bonds is 7. The maximum Gasteiger partial charge on any atom is 0.178 e. The fourth-order valence-corrected chi connectivity index (χ4v) is 5.51. The normalized spacial score (nSPS) is 14.1. The van der Waals surface area contributed by atoms with Gasteiger partial charge in [0.05, 0.1) is 22.9 Å². The molecule has 7 rings (SSSR count). The molecule has 0 saturated heterocycles. The summed E-state index contributed by atoms with van der Waals surface area (Å²) in [4.78, 5) is 21.7. The molecule has 1 aromatic carbocycles. The maximum absolute atomic E-state index is 13.5. The first-order valence-electron chi connectivity index (χ1n) is 13.3. The minimum atomic E-state index is -0.275. The number of fused-ring (bicyclic) bond motifs is 2. The lowest BCUT2D eigenvalue weighted by Gasteiger charge is -2.11. The Morgan fingerprint density at radius 3 is 2.69 bits per heavy atom. The molecule has 5 aromatic heterocycles. The molecule has 6 aromatic rings. The SMILES string of the molecule is Fc1ccc(-c2ccnc3nc(-c4n[nH]c5cnc(-c6cncc(CNCC7CCCC7)c6)cc45)[nH]c23)cc1. The molecule has 9 heteroatoms. The van der Waals surface area contributed by atoms with Gasteiger partial charge in [-0.2, -0.15) is 5.10 Å². The summed E-state index contributed by atoms with van der Waals surface area (Å²) in [6, 6.07) is 12.4. The van der Waals surface area contributed by atoms with Crippen molar-refractivity contribution in [2.24, 2.45) is 5.92 Å². The summed E-state index contributed by atoms with van der Waals surface area (Å²) in [5.41, 5.74) is 7.50. The summed E-state index contributed by atoms with van der Waals surface area (Å²) >= 11 is 0. The van der Waals surface area contributed by atoms with Crippen LogP contribution >= 0.6 is 0 Å². The van der Waals surface area contributed by atoms with E-state index in [0.29, 0.717) is 17.2 Å². The summed E-state index contributed by atoms with van der Waals surface area (Å²) in [7, 11) is 0. The van der Waals surface area contributed by atoms with Crippen molar-refractivity contribution >= 4 is 22.1 Å². The molecule has 194 valence electrons. The van der Waals surface area contributed by atoms with Crippen LogP contribution < -0.4 is 5.32 Å². The van der Waals surface area contributed by atoms with Gasteiger partial charge in [-0.1, -0.05) is 25.0 Å². The highest BCUT2D eigenvalue weighted by Gasteiger charge is 2.17. The third-order valence-corrected chi connectivity index (χ3v) is 7.55. The largest absolute Gasteiger partial charge is 0.335 e. The van der Waals surface area contributed by atoms with Crippen molar-refractivity contribution in [3.63, 3.8) is 0 Å². The lowest BCUT2D eigenvalue weighted by atomic mass is 10.1. The van der Waals surface area contributed by atoms with E-state index in [9.17, 15) is 4.39 Å². The number of nitrogens with zero attached hydrogens (tertiary/aromatic N) is 5. The van der Waals surface area contributed by atoms with Gasteiger partial charge in [0.1, 0.15) is 11.5 Å². The van der Waals surface area contributed by atoms with Gasteiger partial charge in [-0.3, -0.25) is 15.1 Å². The third kappa shape index (κ3) is 4.66. The number of pyridine rings is 3. The summed E-state index contributed by atoms with van der Waals surface area (Å²) in [6.07, 6.45) is 12.6. The molecule has 0 bridgehead atoms. The fraction of sp³-hybridized carbons (Fsp3) is 0.233. The van der Waals surface area contributed by atoms with Crippen LogP contribution in [0.5, 0.6) is 0 Å². The molecular weight excluding hydrogens is 491 g/mol. The van der Waals surface area contributed by atoms with E-state index in [4.69, 9.17) is 4.98 Å². The second-order valence-electron chi connectivity index (χ2n) is 10.2. The van der Waals surface area contributed by atoms with Crippen LogP contribution in [0.15, 0.2) is 67.3 Å². The first-order valence-corrected chi connectivity index (χ1v) is 13.3. The van der Waals surface area contributed by atoms with Gasteiger partial charge in [0.25, 0.3) is 0 Å². The Kier molecular flexibility index (Phi) is 6.05. The quantitative estimate of drug-likeness (QED) is 0.238. The van der Waals surface area contributed by atoms with E-state index in [0.717, 1.165) is 63.4 Å². The van der Waals surface area contributed by atoms with Crippen LogP contribution in [0.1, 0.15) is 31.2 Å². The van der Waals surface area contributed by atoms with Gasteiger partial charge in [0.2, 0.25) is 0 Å². The number of aromatic amines is 2. The van der Waals surface area contributed by atoms with Gasteiger partial charge in [-0.15, -0.1) is 0 Å². The fourth-order valence-electron chi connectivity index (χ4n) is 5.51. The summed E-state index contributed by atoms with van der Waals surface area (Å²) in [6.45, 7) is 1.85. The number of nitrogens with one attached hydrogen (secondary N) is 3. The Morgan fingerprint density at radius 2 is 1.82 bits per heavy atom. The smallest absolute Gasteiger partial charge is 0.178 e. The zero-order valence-electron chi connectivity index (χ0n) is 21.3. The van der Waals surface area contributed by atoms with Gasteiger partial charge in [0.15, 0.2) is 11.5 Å². The minimum Gasteiger partial charge on any atom is -0.335 e. The van der Waals surface area contributed by atoms with E-state index < -0.39 is 0 Å². The Bertz CT molecular complexity index is 1770. The number of H-pyrrole nitrogens is 2. The van der Waals surface area contributed by atoms with Crippen molar-refractivity contribution in [1.29, 1.82) is 0 Å². The van der Waals surface area contributed by atoms with Crippen LogP contribution in [0, 0.1) is 11.7 Å². The molecule has 1 aliphatic rings. The number of halogens is 1. The number of imidazole rings is 1. The van der Waals surface area contributed by atoms with Crippen molar-refractivity contribution in [3.05, 3.63) is 78.6 Å². The average molecular weight is 519 g/mol. The molecule has 0 atom stereocenters. The third-order valence-electron chi connectivity index (χ3n) is 7.55. The van der Waals surface area contributed by atoms with Gasteiger partial charge in [-0.05, 0) is 66.8 Å². The predicted molar refractivity (Wildman–Crippen MR) is 149 cm³/mol. The van der Waals surface area contributed by atoms with Crippen molar-refractivity contribution in [2.45, 2.75) is 32.2 Å². The first-order chi connectivity index (χ1) is 19.2. The lowest BCUT2D eigenvalue weighted by molar-refractivity contribution is 0.489. The average Bonchev–Trinajstić information content (AvgIpc) is 3.73. The maximum atomic E-state index is 13.5. The molecule has 1 aliphatic carbocycles. The van der Waals surface area contributed by atoms with Crippen molar-refractivity contribution < 1.29 is 4.39 Å². The predicted octanol–water partition coefficient (Wildman–Crippen LogP) is 6.04. The standard InChI is InChI=1S/C30H27FN8/c31-22-7-5-20(6-8-22)23-9-10-34-29-27(23)36-30(37-29)28-24-12-25(35-17-26(24)38-39-28)21-11-19(15-33-16-21)14-32-13-18-3-1-2-4-18/h5-12,15-18,32H,1-4,13-14H2,(H,38,39)(H,34,36,37). The Hall–Kier alpha value is -4.50. The number of hydrogen-bond donors (Lipinski definition) is 3. The number of benzene rings is 1. The molecule has 0 unspecified atom stereocenters. The summed E-state index contributed by atoms with van der Waals surface area (Å²) < 4.78 is 13.5. The van der Waals surface area contributed by atoms with E-state index in [2.05, 4.69) is 41.5 Å². The van der Waals surface area contributed by atoms with Crippen LogP contribution in [0.3, 0.4) is 0 Å². The van der Waals surface area contributed by atoms with E-state index in [1.807, 2.05) is 24.5 Å². The van der Waals surface area contributed by atoms with Crippen LogP contribution in [-0.2, 0) is 6.54 Å². The second kappa shape index (κ2) is 9.99. The Balaban J connectivity index is 1.20. The minimum absolute atomic E-state index is 0.275. The molecule has 39 heavy (non-hydrogen) atoms. The monoisotopic (exact) mass is 518 g/mol. The highest BCUT2D eigenvalue weighted by molar-refractivity contribution is 5.96. The van der Waals surface area contributed by atoms with Gasteiger partial charge < -0.3 is 10.3 Å². The highest BCUT2D eigenvalue weighted by atomic mass is 19.1. The van der Waals surface area contributed by atoms with Crippen LogP contribution in [-0.4, -0.2) is 41.7 Å². The molecule has 0 aliphatic heterocycles. The van der Waals surface area contributed by atoms with Crippen molar-refractivity contribution in [3.8, 4) is 33.9 Å². The van der Waals surface area contributed by atoms with Crippen molar-refractivity contribution in [1.82, 2.24) is 40.4 Å². The zero-order valence-corrected chi connectivity index (χ0v) is 21.3. The van der Waals surface area contributed by atoms with E-state index in [1.54, 1.807) is 24.5 Å². The molecule has 0 amide bonds. The van der Waals surface area contributed by atoms with E-state index >= 15 is 0 Å². The molecule has 5 heterocycles. The van der Waals surface area contributed by atoms with Crippen LogP contribution in [0.2, 0.25) is 0 Å². The van der Waals surface area contributed by atoms with E-state index in [1.165, 1.54) is 37.8 Å². The second-order valence-corrected chi connectivity index (χ2v) is 10.2. The topological polar surface area (TPSA) is 108 Å². The number of hydrogen-bond acceptors (Lipinski definition) is 6. The van der Waals surface area contributed by atoms with E-state index in [-0.39, 0.29) is 5.82 Å². The molecular formula is C30H27FN8. The zero-order chi connectivity index (χ0) is 26.2. The molecule has 0 radical (unpaired) electrons. The number of aromatic nitrogens is 7. The van der Waals surface area contributed by atoms with Gasteiger partial charge in [0, 0.05) is 41.6 Å². The molecule has 1 saturated carbocycles. The van der Waals surface area contributed by atoms with Crippen molar-refractivity contribution in [2.75, 3.05) is 6.54 Å². The van der Waals surface area contributed by atoms with Crippen LogP contribution in [0.25, 0.3) is 56.0 Å². The molecule has 3 N–H and O–H groups in total. The highest BCUT2D eigenvalue weighted by Crippen LogP contribution is 2.32.